The van der Waals surface area contributed by atoms with Crippen LogP contribution in [-0.2, 0) is 19.9 Å². The van der Waals surface area contributed by atoms with Crippen molar-refractivity contribution in [3.05, 3.63) is 53.3 Å². The molecule has 0 radical (unpaired) electrons. The van der Waals surface area contributed by atoms with Gasteiger partial charge in [0.1, 0.15) is 0 Å². The van der Waals surface area contributed by atoms with Crippen LogP contribution in [0.15, 0.2) is 36.5 Å². The van der Waals surface area contributed by atoms with Gasteiger partial charge >= 0.3 is 0 Å². The van der Waals surface area contributed by atoms with Gasteiger partial charge in [0.15, 0.2) is 0 Å². The van der Waals surface area contributed by atoms with E-state index in [1.807, 2.05) is 24.0 Å². The van der Waals surface area contributed by atoms with Gasteiger partial charge in [-0.3, -0.25) is 4.68 Å². The van der Waals surface area contributed by atoms with Gasteiger partial charge in [-0.15, -0.1) is 0 Å². The van der Waals surface area contributed by atoms with Gasteiger partial charge in [0.05, 0.1) is 5.69 Å². The van der Waals surface area contributed by atoms with Crippen molar-refractivity contribution in [3.8, 4) is 0 Å². The molecule has 1 aromatic carbocycles. The second kappa shape index (κ2) is 4.58. The summed E-state index contributed by atoms with van der Waals surface area (Å²) in [7, 11) is 1.96. The molecule has 0 aliphatic heterocycles. The van der Waals surface area contributed by atoms with Crippen LogP contribution in [0.4, 0.5) is 0 Å². The zero-order chi connectivity index (χ0) is 12.5. The van der Waals surface area contributed by atoms with Gasteiger partial charge in [-0.25, -0.2) is 0 Å². The molecule has 2 N–H and O–H groups in total. The monoisotopic (exact) mass is 241 g/mol. The smallest absolute Gasteiger partial charge is 0.0551 e. The van der Waals surface area contributed by atoms with Gasteiger partial charge in [-0.2, -0.15) is 5.10 Å². The predicted molar refractivity (Wildman–Crippen MR) is 72.1 cm³/mol. The number of benzene rings is 1. The Balaban J connectivity index is 1.82. The maximum atomic E-state index is 6.41. The number of fused-ring (bicyclic) bond motifs is 1. The molecule has 0 amide bonds. The molecule has 18 heavy (non-hydrogen) atoms. The van der Waals surface area contributed by atoms with Gasteiger partial charge in [0, 0.05) is 19.3 Å². The van der Waals surface area contributed by atoms with Crippen molar-refractivity contribution in [3.63, 3.8) is 0 Å². The number of hydrogen-bond donors (Lipinski definition) is 1. The summed E-state index contributed by atoms with van der Waals surface area (Å²) in [5.74, 6) is 0.523. The fourth-order valence-corrected chi connectivity index (χ4v) is 2.99. The second-order valence-electron chi connectivity index (χ2n) is 5.18. The van der Waals surface area contributed by atoms with E-state index >= 15 is 0 Å². The normalized spacial score (nSPS) is 20.4. The Morgan fingerprint density at radius 2 is 2.06 bits per heavy atom. The molecule has 2 aromatic rings. The van der Waals surface area contributed by atoms with Crippen LogP contribution < -0.4 is 5.73 Å². The second-order valence-corrected chi connectivity index (χ2v) is 5.18. The standard InChI is InChI=1S/C15H19N3/c1-18-14(8-9-17-18)15(16)13-7-6-11-4-2-3-5-12(11)10-13/h2-5,8-9,13,15H,6-7,10,16H2,1H3. The topological polar surface area (TPSA) is 43.8 Å². The molecule has 0 saturated heterocycles. The third-order valence-corrected chi connectivity index (χ3v) is 4.09. The highest BCUT2D eigenvalue weighted by atomic mass is 15.3. The van der Waals surface area contributed by atoms with E-state index in [0.717, 1.165) is 18.5 Å². The largest absolute Gasteiger partial charge is 0.322 e. The van der Waals surface area contributed by atoms with E-state index in [-0.39, 0.29) is 6.04 Å². The third-order valence-electron chi connectivity index (χ3n) is 4.09. The van der Waals surface area contributed by atoms with Crippen LogP contribution in [-0.4, -0.2) is 9.78 Å². The fourth-order valence-electron chi connectivity index (χ4n) is 2.99. The molecule has 1 aromatic heterocycles. The molecule has 3 nitrogen and oxygen atoms in total. The van der Waals surface area contributed by atoms with Crippen molar-refractivity contribution >= 4 is 0 Å². The van der Waals surface area contributed by atoms with Crippen LogP contribution in [0.1, 0.15) is 29.3 Å². The first-order valence-electron chi connectivity index (χ1n) is 6.56. The Morgan fingerprint density at radius 1 is 1.28 bits per heavy atom. The number of nitrogens with zero attached hydrogens (tertiary/aromatic N) is 2. The summed E-state index contributed by atoms with van der Waals surface area (Å²) in [6.45, 7) is 0. The zero-order valence-corrected chi connectivity index (χ0v) is 10.7. The van der Waals surface area contributed by atoms with Crippen molar-refractivity contribution in [1.29, 1.82) is 0 Å². The molecule has 0 saturated carbocycles. The Kier molecular flexibility index (Phi) is 2.92. The number of aromatic nitrogens is 2. The lowest BCUT2D eigenvalue weighted by Gasteiger charge is -2.29. The molecule has 3 heteroatoms. The molecule has 0 fully saturated rings. The Labute approximate surface area is 108 Å². The van der Waals surface area contributed by atoms with Crippen LogP contribution >= 0.6 is 0 Å². The van der Waals surface area contributed by atoms with Crippen molar-refractivity contribution in [1.82, 2.24) is 9.78 Å². The Hall–Kier alpha value is -1.61. The van der Waals surface area contributed by atoms with Crippen molar-refractivity contribution in [2.45, 2.75) is 25.3 Å². The first-order valence-corrected chi connectivity index (χ1v) is 6.56. The van der Waals surface area contributed by atoms with E-state index < -0.39 is 0 Å². The van der Waals surface area contributed by atoms with E-state index in [4.69, 9.17) is 5.73 Å². The van der Waals surface area contributed by atoms with Gasteiger partial charge in [0.25, 0.3) is 0 Å². The number of rotatable bonds is 2. The van der Waals surface area contributed by atoms with Gasteiger partial charge in [0.2, 0.25) is 0 Å². The minimum Gasteiger partial charge on any atom is -0.322 e. The Bertz CT molecular complexity index is 544. The van der Waals surface area contributed by atoms with Crippen LogP contribution in [0.5, 0.6) is 0 Å². The summed E-state index contributed by atoms with van der Waals surface area (Å²) < 4.78 is 1.89. The summed E-state index contributed by atoms with van der Waals surface area (Å²) in [6.07, 6.45) is 5.23. The minimum atomic E-state index is 0.0888. The fraction of sp³-hybridized carbons (Fsp3) is 0.400. The van der Waals surface area contributed by atoms with Gasteiger partial charge < -0.3 is 5.73 Å². The predicted octanol–water partition coefficient (Wildman–Crippen LogP) is 2.23. The molecule has 1 aliphatic carbocycles. The summed E-state index contributed by atoms with van der Waals surface area (Å²) in [4.78, 5) is 0. The van der Waals surface area contributed by atoms with Crippen molar-refractivity contribution in [2.24, 2.45) is 18.7 Å². The average Bonchev–Trinajstić information content (AvgIpc) is 2.83. The molecular formula is C15H19N3. The molecule has 1 heterocycles. The molecule has 2 atom stereocenters. The van der Waals surface area contributed by atoms with E-state index in [0.29, 0.717) is 5.92 Å². The maximum absolute atomic E-state index is 6.41. The number of hydrogen-bond acceptors (Lipinski definition) is 2. The highest BCUT2D eigenvalue weighted by Gasteiger charge is 2.26. The first kappa shape index (κ1) is 11.5. The van der Waals surface area contributed by atoms with Gasteiger partial charge in [-0.1, -0.05) is 24.3 Å². The lowest BCUT2D eigenvalue weighted by Crippen LogP contribution is -2.28. The first-order chi connectivity index (χ1) is 8.75. The quantitative estimate of drug-likeness (QED) is 0.876. The third kappa shape index (κ3) is 1.95. The SMILES string of the molecule is Cn1nccc1C(N)C1CCc2ccccc2C1. The van der Waals surface area contributed by atoms with Crippen molar-refractivity contribution in [2.75, 3.05) is 0 Å². The van der Waals surface area contributed by atoms with E-state index in [9.17, 15) is 0 Å². The molecular weight excluding hydrogens is 222 g/mol. The highest BCUT2D eigenvalue weighted by Crippen LogP contribution is 2.32. The zero-order valence-electron chi connectivity index (χ0n) is 10.7. The average molecular weight is 241 g/mol. The summed E-state index contributed by atoms with van der Waals surface area (Å²) in [5.41, 5.74) is 10.5. The molecule has 0 spiro atoms. The lowest BCUT2D eigenvalue weighted by molar-refractivity contribution is 0.368. The van der Waals surface area contributed by atoms with Crippen LogP contribution in [0.25, 0.3) is 0 Å². The summed E-state index contributed by atoms with van der Waals surface area (Å²) in [6, 6.07) is 10.8. The van der Waals surface area contributed by atoms with E-state index in [1.54, 1.807) is 0 Å². The summed E-state index contributed by atoms with van der Waals surface area (Å²) >= 11 is 0. The molecule has 1 aliphatic rings. The van der Waals surface area contributed by atoms with E-state index in [1.165, 1.54) is 17.5 Å². The molecule has 3 rings (SSSR count). The molecule has 0 bridgehead atoms. The lowest BCUT2D eigenvalue weighted by atomic mass is 9.79. The Morgan fingerprint density at radius 3 is 2.78 bits per heavy atom. The van der Waals surface area contributed by atoms with Crippen LogP contribution in [0.2, 0.25) is 0 Å². The minimum absolute atomic E-state index is 0.0888. The maximum Gasteiger partial charge on any atom is 0.0551 e. The van der Waals surface area contributed by atoms with Crippen molar-refractivity contribution < 1.29 is 0 Å². The molecule has 94 valence electrons. The van der Waals surface area contributed by atoms with Crippen LogP contribution in [0, 0.1) is 5.92 Å². The summed E-state index contributed by atoms with van der Waals surface area (Å²) in [5, 5.41) is 4.21. The number of aryl methyl sites for hydroxylation is 2. The van der Waals surface area contributed by atoms with Crippen LogP contribution in [0.3, 0.4) is 0 Å². The highest BCUT2D eigenvalue weighted by molar-refractivity contribution is 5.30. The number of nitrogens with two attached hydrogens (primary N) is 1. The van der Waals surface area contributed by atoms with Gasteiger partial charge in [-0.05, 0) is 42.4 Å². The molecule has 2 unspecified atom stereocenters. The van der Waals surface area contributed by atoms with E-state index in [2.05, 4.69) is 29.4 Å².